The van der Waals surface area contributed by atoms with Crippen LogP contribution in [-0.4, -0.2) is 19.9 Å². The van der Waals surface area contributed by atoms with Crippen LogP contribution in [0.15, 0.2) is 25.0 Å². The summed E-state index contributed by atoms with van der Waals surface area (Å²) < 4.78 is 0. The number of nitrogens with zero attached hydrogens (tertiary/aromatic N) is 4. The second-order valence-electron chi connectivity index (χ2n) is 11.6. The summed E-state index contributed by atoms with van der Waals surface area (Å²) in [6.07, 6.45) is 7.15. The molecular formula is C24H40N4. The predicted molar refractivity (Wildman–Crippen MR) is 119 cm³/mol. The van der Waals surface area contributed by atoms with Gasteiger partial charge >= 0.3 is 0 Å². The van der Waals surface area contributed by atoms with Gasteiger partial charge in [0.25, 0.3) is 0 Å². The zero-order chi connectivity index (χ0) is 22.0. The molecule has 2 aromatic heterocycles. The minimum absolute atomic E-state index is 0.0888. The fourth-order valence-corrected chi connectivity index (χ4v) is 2.95. The van der Waals surface area contributed by atoms with E-state index in [0.29, 0.717) is 0 Å². The summed E-state index contributed by atoms with van der Waals surface area (Å²) in [6, 6.07) is 0. The molecule has 0 amide bonds. The van der Waals surface area contributed by atoms with Crippen LogP contribution in [0.25, 0.3) is 0 Å². The van der Waals surface area contributed by atoms with Gasteiger partial charge in [-0.15, -0.1) is 0 Å². The van der Waals surface area contributed by atoms with E-state index in [4.69, 9.17) is 0 Å². The number of aromatic nitrogens is 4. The number of rotatable bonds is 0. The normalized spacial score (nSPS) is 13.0. The molecule has 4 nitrogen and oxygen atoms in total. The van der Waals surface area contributed by atoms with Gasteiger partial charge in [0.05, 0.1) is 11.4 Å². The molecular weight excluding hydrogens is 344 g/mol. The number of hydrogen-bond acceptors (Lipinski definition) is 4. The Balaban J connectivity index is 0.000000280. The lowest BCUT2D eigenvalue weighted by atomic mass is 9.79. The molecule has 0 N–H and O–H groups in total. The van der Waals surface area contributed by atoms with Crippen molar-refractivity contribution in [1.29, 1.82) is 0 Å². The second-order valence-corrected chi connectivity index (χ2v) is 11.6. The van der Waals surface area contributed by atoms with Crippen molar-refractivity contribution in [2.75, 3.05) is 0 Å². The van der Waals surface area contributed by atoms with E-state index in [-0.39, 0.29) is 21.7 Å². The largest absolute Gasteiger partial charge is 0.244 e. The molecule has 0 aliphatic rings. The summed E-state index contributed by atoms with van der Waals surface area (Å²) in [7, 11) is 0. The van der Waals surface area contributed by atoms with Crippen LogP contribution in [0, 0.1) is 0 Å². The third-order valence-corrected chi connectivity index (χ3v) is 4.46. The molecule has 0 aliphatic heterocycles. The molecule has 0 aromatic carbocycles. The summed E-state index contributed by atoms with van der Waals surface area (Å²) in [5.74, 6) is 0. The number of hydrogen-bond donors (Lipinski definition) is 0. The molecule has 0 atom stereocenters. The minimum atomic E-state index is 0.0888. The Bertz CT molecular complexity index is 633. The fraction of sp³-hybridized carbons (Fsp3) is 0.667. The highest BCUT2D eigenvalue weighted by Gasteiger charge is 2.27. The third kappa shape index (κ3) is 6.65. The quantitative estimate of drug-likeness (QED) is 0.547. The van der Waals surface area contributed by atoms with E-state index in [1.54, 1.807) is 12.7 Å². The van der Waals surface area contributed by atoms with Crippen LogP contribution in [-0.2, 0) is 21.7 Å². The van der Waals surface area contributed by atoms with Crippen molar-refractivity contribution in [2.24, 2.45) is 0 Å². The van der Waals surface area contributed by atoms with Gasteiger partial charge in [-0.25, -0.2) is 19.9 Å². The summed E-state index contributed by atoms with van der Waals surface area (Å²) in [5.41, 5.74) is 5.20. The molecule has 2 rings (SSSR count). The molecule has 2 heterocycles. The summed E-state index contributed by atoms with van der Waals surface area (Å²) in [4.78, 5) is 17.0. The van der Waals surface area contributed by atoms with E-state index in [2.05, 4.69) is 103 Å². The lowest BCUT2D eigenvalue weighted by Crippen LogP contribution is -2.23. The van der Waals surface area contributed by atoms with Crippen LogP contribution in [0.2, 0.25) is 0 Å². The smallest absolute Gasteiger partial charge is 0.115 e. The minimum Gasteiger partial charge on any atom is -0.244 e. The van der Waals surface area contributed by atoms with Crippen LogP contribution in [0.3, 0.4) is 0 Å². The summed E-state index contributed by atoms with van der Waals surface area (Å²) in [6.45, 7) is 26.3. The molecule has 0 saturated carbocycles. The van der Waals surface area contributed by atoms with Gasteiger partial charge in [-0.3, -0.25) is 0 Å². The predicted octanol–water partition coefficient (Wildman–Crippen LogP) is 6.14. The summed E-state index contributed by atoms with van der Waals surface area (Å²) >= 11 is 0. The van der Waals surface area contributed by atoms with E-state index < -0.39 is 0 Å². The van der Waals surface area contributed by atoms with Crippen LogP contribution in [0.4, 0.5) is 0 Å². The fourth-order valence-electron chi connectivity index (χ4n) is 2.95. The van der Waals surface area contributed by atoms with Gasteiger partial charge in [0.2, 0.25) is 0 Å². The van der Waals surface area contributed by atoms with Gasteiger partial charge in [-0.2, -0.15) is 0 Å². The Morgan fingerprint density at radius 2 is 0.750 bits per heavy atom. The van der Waals surface area contributed by atoms with Gasteiger partial charge in [-0.1, -0.05) is 83.1 Å². The highest BCUT2D eigenvalue weighted by molar-refractivity contribution is 5.30. The first-order valence-electron chi connectivity index (χ1n) is 10.1. The average molecular weight is 385 g/mol. The molecule has 0 fully saturated rings. The Kier molecular flexibility index (Phi) is 7.14. The highest BCUT2D eigenvalue weighted by atomic mass is 14.8. The molecule has 0 unspecified atom stereocenters. The Morgan fingerprint density at radius 1 is 0.464 bits per heavy atom. The van der Waals surface area contributed by atoms with Crippen molar-refractivity contribution in [3.8, 4) is 0 Å². The maximum Gasteiger partial charge on any atom is 0.115 e. The van der Waals surface area contributed by atoms with Gasteiger partial charge in [0.15, 0.2) is 0 Å². The van der Waals surface area contributed by atoms with E-state index >= 15 is 0 Å². The van der Waals surface area contributed by atoms with Gasteiger partial charge < -0.3 is 0 Å². The van der Waals surface area contributed by atoms with Crippen molar-refractivity contribution in [3.63, 3.8) is 0 Å². The molecule has 0 radical (unpaired) electrons. The van der Waals surface area contributed by atoms with Crippen LogP contribution in [0.5, 0.6) is 0 Å². The van der Waals surface area contributed by atoms with Crippen LogP contribution in [0.1, 0.15) is 106 Å². The Labute approximate surface area is 172 Å². The van der Waals surface area contributed by atoms with Crippen molar-refractivity contribution >= 4 is 0 Å². The molecule has 0 spiro atoms. The average Bonchev–Trinajstić information content (AvgIpc) is 2.52. The Hall–Kier alpha value is -1.84. The van der Waals surface area contributed by atoms with Crippen molar-refractivity contribution < 1.29 is 0 Å². The van der Waals surface area contributed by atoms with E-state index in [1.807, 2.05) is 12.4 Å². The molecule has 0 bridgehead atoms. The standard InChI is InChI=1S/2C12H20N2/c2*1-11(2,3)9-7-13-8-14-10(9)12(4,5)6/h2*7-8H,1-6H3. The maximum atomic E-state index is 4.41. The summed E-state index contributed by atoms with van der Waals surface area (Å²) in [5, 5.41) is 0. The van der Waals surface area contributed by atoms with Gasteiger partial charge in [-0.05, 0) is 22.0 Å². The van der Waals surface area contributed by atoms with Gasteiger partial charge in [0.1, 0.15) is 12.7 Å². The Morgan fingerprint density at radius 3 is 0.929 bits per heavy atom. The van der Waals surface area contributed by atoms with E-state index in [9.17, 15) is 0 Å². The van der Waals surface area contributed by atoms with Gasteiger partial charge in [0, 0.05) is 23.2 Å². The molecule has 4 heteroatoms. The lowest BCUT2D eigenvalue weighted by molar-refractivity contribution is 0.510. The first kappa shape index (κ1) is 24.2. The maximum absolute atomic E-state index is 4.41. The van der Waals surface area contributed by atoms with E-state index in [1.165, 1.54) is 11.1 Å². The molecule has 156 valence electrons. The van der Waals surface area contributed by atoms with E-state index in [0.717, 1.165) is 11.4 Å². The zero-order valence-electron chi connectivity index (χ0n) is 20.1. The zero-order valence-corrected chi connectivity index (χ0v) is 20.1. The highest BCUT2D eigenvalue weighted by Crippen LogP contribution is 2.32. The third-order valence-electron chi connectivity index (χ3n) is 4.46. The lowest BCUT2D eigenvalue weighted by Gasteiger charge is -2.27. The first-order valence-corrected chi connectivity index (χ1v) is 10.1. The topological polar surface area (TPSA) is 51.6 Å². The second kappa shape index (κ2) is 8.26. The monoisotopic (exact) mass is 384 g/mol. The SMILES string of the molecule is CC(C)(C)c1cncnc1C(C)(C)C.CC(C)(C)c1cncnc1C(C)(C)C. The van der Waals surface area contributed by atoms with Crippen molar-refractivity contribution in [2.45, 2.75) is 105 Å². The molecule has 0 aliphatic carbocycles. The molecule has 2 aromatic rings. The van der Waals surface area contributed by atoms with Crippen molar-refractivity contribution in [1.82, 2.24) is 19.9 Å². The van der Waals surface area contributed by atoms with Crippen LogP contribution < -0.4 is 0 Å². The van der Waals surface area contributed by atoms with Crippen LogP contribution >= 0.6 is 0 Å². The first-order chi connectivity index (χ1) is 12.5. The molecule has 0 saturated heterocycles. The molecule has 28 heavy (non-hydrogen) atoms. The van der Waals surface area contributed by atoms with Crippen molar-refractivity contribution in [3.05, 3.63) is 47.6 Å².